The van der Waals surface area contributed by atoms with Gasteiger partial charge in [0.25, 0.3) is 0 Å². The maximum atomic E-state index is 13.8. The van der Waals surface area contributed by atoms with Gasteiger partial charge in [0, 0.05) is 32.8 Å². The van der Waals surface area contributed by atoms with Gasteiger partial charge in [-0.1, -0.05) is 6.92 Å². The second-order valence-corrected chi connectivity index (χ2v) is 6.12. The van der Waals surface area contributed by atoms with Crippen LogP contribution in [0.4, 0.5) is 8.78 Å². The largest absolute Gasteiger partial charge is 0.310 e. The summed E-state index contributed by atoms with van der Waals surface area (Å²) in [5, 5.41) is 5.20. The molecular weight excluding hydrogens is 332 g/mol. The van der Waals surface area contributed by atoms with Crippen molar-refractivity contribution in [2.45, 2.75) is 19.4 Å². The lowest BCUT2D eigenvalue weighted by Crippen LogP contribution is -2.23. The molecule has 0 aliphatic rings. The number of hydrogen-bond donors (Lipinski definition) is 1. The molecule has 0 radical (unpaired) electrons. The Hall–Kier alpha value is -0.780. The monoisotopic (exact) mass is 345 g/mol. The van der Waals surface area contributed by atoms with Gasteiger partial charge in [-0.05, 0) is 46.7 Å². The standard InChI is InChI=1S/C14H14BrF2NS/c1-2-18-14(7-11-5-9(15)8-19-11)12-6-10(16)3-4-13(12)17/h3-6,8,14,18H,2,7H2,1H3. The number of likely N-dealkylation sites (N-methyl/N-ethyl adjacent to an activating group) is 1. The van der Waals surface area contributed by atoms with Gasteiger partial charge < -0.3 is 5.32 Å². The smallest absolute Gasteiger partial charge is 0.128 e. The Labute approximate surface area is 123 Å². The van der Waals surface area contributed by atoms with Crippen LogP contribution in [-0.4, -0.2) is 6.54 Å². The van der Waals surface area contributed by atoms with Gasteiger partial charge in [0.05, 0.1) is 0 Å². The first-order valence-electron chi connectivity index (χ1n) is 6.01. The molecule has 0 bridgehead atoms. The van der Waals surface area contributed by atoms with E-state index in [2.05, 4.69) is 21.2 Å². The van der Waals surface area contributed by atoms with Crippen molar-refractivity contribution in [2.24, 2.45) is 0 Å². The minimum absolute atomic E-state index is 0.216. The van der Waals surface area contributed by atoms with E-state index in [1.165, 1.54) is 12.1 Å². The Morgan fingerprint density at radius 3 is 2.74 bits per heavy atom. The van der Waals surface area contributed by atoms with Crippen molar-refractivity contribution in [3.63, 3.8) is 0 Å². The van der Waals surface area contributed by atoms with Gasteiger partial charge in [-0.2, -0.15) is 0 Å². The Morgan fingerprint density at radius 1 is 1.32 bits per heavy atom. The predicted octanol–water partition coefficient (Wildman–Crippen LogP) is 4.68. The quantitative estimate of drug-likeness (QED) is 0.829. The lowest BCUT2D eigenvalue weighted by molar-refractivity contribution is 0.504. The van der Waals surface area contributed by atoms with Crippen molar-refractivity contribution >= 4 is 27.3 Å². The molecule has 0 aliphatic carbocycles. The summed E-state index contributed by atoms with van der Waals surface area (Å²) in [6, 6.07) is 5.38. The zero-order valence-corrected chi connectivity index (χ0v) is 12.8. The number of rotatable bonds is 5. The number of hydrogen-bond acceptors (Lipinski definition) is 2. The highest BCUT2D eigenvalue weighted by Crippen LogP contribution is 2.27. The molecule has 0 aliphatic heterocycles. The van der Waals surface area contributed by atoms with Crippen LogP contribution < -0.4 is 5.32 Å². The van der Waals surface area contributed by atoms with E-state index in [4.69, 9.17) is 0 Å². The highest BCUT2D eigenvalue weighted by atomic mass is 79.9. The van der Waals surface area contributed by atoms with Gasteiger partial charge in [-0.3, -0.25) is 0 Å². The summed E-state index contributed by atoms with van der Waals surface area (Å²) in [6.45, 7) is 2.65. The van der Waals surface area contributed by atoms with Crippen LogP contribution in [0.5, 0.6) is 0 Å². The van der Waals surface area contributed by atoms with Crippen molar-refractivity contribution in [3.8, 4) is 0 Å². The summed E-state index contributed by atoms with van der Waals surface area (Å²) >= 11 is 5.00. The first kappa shape index (κ1) is 14.6. The molecule has 0 amide bonds. The normalized spacial score (nSPS) is 12.6. The summed E-state index contributed by atoms with van der Waals surface area (Å²) in [4.78, 5) is 1.13. The fourth-order valence-corrected chi connectivity index (χ4v) is 3.48. The maximum absolute atomic E-state index is 13.8. The van der Waals surface area contributed by atoms with Crippen molar-refractivity contribution in [3.05, 3.63) is 56.2 Å². The van der Waals surface area contributed by atoms with E-state index in [1.807, 2.05) is 18.4 Å². The molecular formula is C14H14BrF2NS. The van der Waals surface area contributed by atoms with Gasteiger partial charge in [0.2, 0.25) is 0 Å². The molecule has 0 spiro atoms. The van der Waals surface area contributed by atoms with E-state index >= 15 is 0 Å². The fourth-order valence-electron chi connectivity index (χ4n) is 1.98. The molecule has 2 rings (SSSR count). The molecule has 1 aromatic heterocycles. The number of nitrogens with one attached hydrogen (secondary N) is 1. The average Bonchev–Trinajstić information content (AvgIpc) is 2.77. The van der Waals surface area contributed by atoms with Crippen molar-refractivity contribution in [1.82, 2.24) is 5.32 Å². The zero-order chi connectivity index (χ0) is 13.8. The number of halogens is 3. The molecule has 1 atom stereocenters. The van der Waals surface area contributed by atoms with Crippen LogP contribution in [0.15, 0.2) is 34.1 Å². The van der Waals surface area contributed by atoms with Gasteiger partial charge in [0.15, 0.2) is 0 Å². The molecule has 5 heteroatoms. The average molecular weight is 346 g/mol. The van der Waals surface area contributed by atoms with Crippen LogP contribution in [0.1, 0.15) is 23.4 Å². The van der Waals surface area contributed by atoms with Gasteiger partial charge in [0.1, 0.15) is 11.6 Å². The Bertz CT molecular complexity index is 556. The molecule has 1 heterocycles. The van der Waals surface area contributed by atoms with Gasteiger partial charge >= 0.3 is 0 Å². The minimum atomic E-state index is -0.410. The molecule has 102 valence electrons. The van der Waals surface area contributed by atoms with E-state index < -0.39 is 5.82 Å². The molecule has 19 heavy (non-hydrogen) atoms. The highest BCUT2D eigenvalue weighted by Gasteiger charge is 2.17. The van der Waals surface area contributed by atoms with E-state index in [9.17, 15) is 8.78 Å². The van der Waals surface area contributed by atoms with Crippen LogP contribution in [-0.2, 0) is 6.42 Å². The molecule has 0 saturated heterocycles. The summed E-state index contributed by atoms with van der Waals surface area (Å²) in [6.07, 6.45) is 0.643. The van der Waals surface area contributed by atoms with E-state index in [0.717, 1.165) is 15.4 Å². The lowest BCUT2D eigenvalue weighted by Gasteiger charge is -2.18. The summed E-state index contributed by atoms with van der Waals surface area (Å²) in [5.41, 5.74) is 0.381. The van der Waals surface area contributed by atoms with Crippen molar-refractivity contribution in [2.75, 3.05) is 6.54 Å². The third-order valence-corrected chi connectivity index (χ3v) is 4.53. The SMILES string of the molecule is CCNC(Cc1cc(Br)cs1)c1cc(F)ccc1F. The first-order chi connectivity index (χ1) is 9.10. The second-order valence-electron chi connectivity index (χ2n) is 4.21. The van der Waals surface area contributed by atoms with E-state index in [0.29, 0.717) is 18.5 Å². The fraction of sp³-hybridized carbons (Fsp3) is 0.286. The molecule has 1 unspecified atom stereocenters. The maximum Gasteiger partial charge on any atom is 0.128 e. The third kappa shape index (κ3) is 3.84. The highest BCUT2D eigenvalue weighted by molar-refractivity contribution is 9.10. The molecule has 1 N–H and O–H groups in total. The van der Waals surface area contributed by atoms with Crippen LogP contribution >= 0.6 is 27.3 Å². The lowest BCUT2D eigenvalue weighted by atomic mass is 10.0. The predicted molar refractivity (Wildman–Crippen MR) is 78.5 cm³/mol. The van der Waals surface area contributed by atoms with Gasteiger partial charge in [-0.15, -0.1) is 11.3 Å². The Balaban J connectivity index is 2.26. The third-order valence-electron chi connectivity index (χ3n) is 2.81. The molecule has 1 aromatic carbocycles. The van der Waals surface area contributed by atoms with Crippen LogP contribution in [0.25, 0.3) is 0 Å². The second kappa shape index (κ2) is 6.59. The van der Waals surface area contributed by atoms with Crippen molar-refractivity contribution in [1.29, 1.82) is 0 Å². The number of benzene rings is 1. The Morgan fingerprint density at radius 2 is 2.11 bits per heavy atom. The summed E-state index contributed by atoms with van der Waals surface area (Å²) in [7, 11) is 0. The summed E-state index contributed by atoms with van der Waals surface area (Å²) in [5.74, 6) is -0.783. The van der Waals surface area contributed by atoms with Gasteiger partial charge in [-0.25, -0.2) is 8.78 Å². The zero-order valence-electron chi connectivity index (χ0n) is 10.4. The molecule has 0 saturated carbocycles. The minimum Gasteiger partial charge on any atom is -0.310 e. The van der Waals surface area contributed by atoms with Crippen molar-refractivity contribution < 1.29 is 8.78 Å². The van der Waals surface area contributed by atoms with Crippen LogP contribution in [0, 0.1) is 11.6 Å². The van der Waals surface area contributed by atoms with E-state index in [-0.39, 0.29) is 11.9 Å². The summed E-state index contributed by atoms with van der Waals surface area (Å²) < 4.78 is 28.1. The Kier molecular flexibility index (Phi) is 5.07. The first-order valence-corrected chi connectivity index (χ1v) is 7.68. The number of thiophene rings is 1. The van der Waals surface area contributed by atoms with Crippen LogP contribution in [0.2, 0.25) is 0 Å². The van der Waals surface area contributed by atoms with Crippen LogP contribution in [0.3, 0.4) is 0 Å². The topological polar surface area (TPSA) is 12.0 Å². The molecule has 0 fully saturated rings. The molecule has 2 aromatic rings. The van der Waals surface area contributed by atoms with E-state index in [1.54, 1.807) is 11.3 Å². The molecule has 1 nitrogen and oxygen atoms in total.